The Hall–Kier alpha value is -1.92. The third-order valence-electron chi connectivity index (χ3n) is 3.48. The second kappa shape index (κ2) is 7.38. The third kappa shape index (κ3) is 4.05. The average molecular weight is 318 g/mol. The van der Waals surface area contributed by atoms with Crippen molar-refractivity contribution in [3.8, 4) is 5.75 Å². The molecule has 0 unspecified atom stereocenters. The highest BCUT2D eigenvalue weighted by atomic mass is 32.1. The molecule has 0 spiro atoms. The maximum Gasteiger partial charge on any atom is 0.251 e. The van der Waals surface area contributed by atoms with Crippen LogP contribution in [0.25, 0.3) is 0 Å². The van der Waals surface area contributed by atoms with Gasteiger partial charge in [-0.3, -0.25) is 4.79 Å². The summed E-state index contributed by atoms with van der Waals surface area (Å²) in [6, 6.07) is 7.18. The van der Waals surface area contributed by atoms with Gasteiger partial charge < -0.3 is 14.8 Å². The lowest BCUT2D eigenvalue weighted by Gasteiger charge is -2.11. The molecule has 1 aromatic carbocycles. The van der Waals surface area contributed by atoms with E-state index < -0.39 is 0 Å². The lowest BCUT2D eigenvalue weighted by molar-refractivity contribution is 0.0857. The molecule has 1 atom stereocenters. The summed E-state index contributed by atoms with van der Waals surface area (Å²) in [5, 5.41) is 4.85. The van der Waals surface area contributed by atoms with E-state index in [9.17, 15) is 4.79 Å². The quantitative estimate of drug-likeness (QED) is 0.889. The molecule has 3 rings (SSSR count). The van der Waals surface area contributed by atoms with Gasteiger partial charge in [0.1, 0.15) is 12.4 Å². The van der Waals surface area contributed by atoms with Crippen LogP contribution in [0.2, 0.25) is 0 Å². The number of ether oxygens (including phenoxy) is 2. The molecule has 0 bridgehead atoms. The van der Waals surface area contributed by atoms with Gasteiger partial charge >= 0.3 is 0 Å². The molecule has 6 heteroatoms. The summed E-state index contributed by atoms with van der Waals surface area (Å²) in [4.78, 5) is 16.3. The SMILES string of the molecule is O=C(NC[C@H]1CCCO1)c1cccc(OCc2cscn2)c1. The van der Waals surface area contributed by atoms with Crippen molar-refractivity contribution in [3.63, 3.8) is 0 Å². The molecule has 0 saturated carbocycles. The van der Waals surface area contributed by atoms with Crippen LogP contribution in [0.5, 0.6) is 5.75 Å². The molecule has 1 aromatic heterocycles. The van der Waals surface area contributed by atoms with Gasteiger partial charge in [0.25, 0.3) is 5.91 Å². The number of rotatable bonds is 6. The van der Waals surface area contributed by atoms with Crippen molar-refractivity contribution >= 4 is 17.2 Å². The molecular weight excluding hydrogens is 300 g/mol. The summed E-state index contributed by atoms with van der Waals surface area (Å²) in [6.45, 7) is 1.76. The van der Waals surface area contributed by atoms with Crippen molar-refractivity contribution in [2.45, 2.75) is 25.6 Å². The van der Waals surface area contributed by atoms with Crippen molar-refractivity contribution in [2.75, 3.05) is 13.2 Å². The molecule has 22 heavy (non-hydrogen) atoms. The Balaban J connectivity index is 1.54. The minimum Gasteiger partial charge on any atom is -0.487 e. The van der Waals surface area contributed by atoms with Crippen molar-refractivity contribution in [3.05, 3.63) is 46.4 Å². The lowest BCUT2D eigenvalue weighted by atomic mass is 10.2. The maximum absolute atomic E-state index is 12.2. The van der Waals surface area contributed by atoms with E-state index in [4.69, 9.17) is 9.47 Å². The zero-order chi connectivity index (χ0) is 15.2. The number of benzene rings is 1. The molecule has 1 amide bonds. The van der Waals surface area contributed by atoms with Gasteiger partial charge in [0.2, 0.25) is 0 Å². The van der Waals surface area contributed by atoms with E-state index in [1.165, 1.54) is 11.3 Å². The Morgan fingerprint density at radius 3 is 3.23 bits per heavy atom. The highest BCUT2D eigenvalue weighted by Crippen LogP contribution is 2.16. The Labute approximate surface area is 133 Å². The highest BCUT2D eigenvalue weighted by Gasteiger charge is 2.16. The Morgan fingerprint density at radius 1 is 1.50 bits per heavy atom. The molecule has 5 nitrogen and oxygen atoms in total. The molecule has 116 valence electrons. The first-order valence-electron chi connectivity index (χ1n) is 7.31. The van der Waals surface area contributed by atoms with Crippen LogP contribution in [0.3, 0.4) is 0 Å². The number of nitrogens with one attached hydrogen (secondary N) is 1. The second-order valence-electron chi connectivity index (χ2n) is 5.14. The summed E-state index contributed by atoms with van der Waals surface area (Å²) < 4.78 is 11.2. The van der Waals surface area contributed by atoms with Crippen LogP contribution in [-0.2, 0) is 11.3 Å². The van der Waals surface area contributed by atoms with E-state index in [-0.39, 0.29) is 12.0 Å². The number of carbonyl (C=O) groups is 1. The number of hydrogen-bond acceptors (Lipinski definition) is 5. The predicted molar refractivity (Wildman–Crippen MR) is 84.2 cm³/mol. The maximum atomic E-state index is 12.2. The Kier molecular flexibility index (Phi) is 5.03. The van der Waals surface area contributed by atoms with Crippen molar-refractivity contribution in [1.82, 2.24) is 10.3 Å². The Morgan fingerprint density at radius 2 is 2.45 bits per heavy atom. The lowest BCUT2D eigenvalue weighted by Crippen LogP contribution is -2.31. The standard InChI is InChI=1S/C16H18N2O3S/c19-16(17-8-15-5-2-6-20-15)12-3-1-4-14(7-12)21-9-13-10-22-11-18-13/h1,3-4,7,10-11,15H,2,5-6,8-9H2,(H,17,19)/t15-/m1/s1. The molecule has 2 aromatic rings. The fraction of sp³-hybridized carbons (Fsp3) is 0.375. The Bertz CT molecular complexity index is 610. The third-order valence-corrected chi connectivity index (χ3v) is 4.12. The van der Waals surface area contributed by atoms with Crippen LogP contribution >= 0.6 is 11.3 Å². The number of amides is 1. The van der Waals surface area contributed by atoms with Crippen molar-refractivity contribution in [2.24, 2.45) is 0 Å². The minimum atomic E-state index is -0.102. The molecule has 1 aliphatic heterocycles. The van der Waals surface area contributed by atoms with E-state index in [1.807, 2.05) is 17.5 Å². The first kappa shape index (κ1) is 15.0. The fourth-order valence-corrected chi connectivity index (χ4v) is 2.85. The van der Waals surface area contributed by atoms with Crippen molar-refractivity contribution in [1.29, 1.82) is 0 Å². The molecular formula is C16H18N2O3S. The highest BCUT2D eigenvalue weighted by molar-refractivity contribution is 7.07. The van der Waals surface area contributed by atoms with Crippen LogP contribution in [-0.4, -0.2) is 30.1 Å². The number of hydrogen-bond donors (Lipinski definition) is 1. The van der Waals surface area contributed by atoms with E-state index >= 15 is 0 Å². The van der Waals surface area contributed by atoms with Crippen LogP contribution in [0, 0.1) is 0 Å². The minimum absolute atomic E-state index is 0.102. The van der Waals surface area contributed by atoms with Crippen LogP contribution in [0.1, 0.15) is 28.9 Å². The number of nitrogens with zero attached hydrogens (tertiary/aromatic N) is 1. The normalized spacial score (nSPS) is 17.4. The molecule has 2 heterocycles. The summed E-state index contributed by atoms with van der Waals surface area (Å²) in [6.07, 6.45) is 2.23. The average Bonchev–Trinajstić information content (AvgIpc) is 3.24. The second-order valence-corrected chi connectivity index (χ2v) is 5.86. The van der Waals surface area contributed by atoms with Gasteiger partial charge in [0, 0.05) is 24.1 Å². The first-order valence-corrected chi connectivity index (χ1v) is 8.25. The zero-order valence-electron chi connectivity index (χ0n) is 12.2. The largest absolute Gasteiger partial charge is 0.487 e. The van der Waals surface area contributed by atoms with Gasteiger partial charge in [-0.2, -0.15) is 0 Å². The zero-order valence-corrected chi connectivity index (χ0v) is 13.0. The fourth-order valence-electron chi connectivity index (χ4n) is 2.31. The summed E-state index contributed by atoms with van der Waals surface area (Å²) in [5.74, 6) is 0.562. The molecule has 1 N–H and O–H groups in total. The van der Waals surface area contributed by atoms with E-state index in [2.05, 4.69) is 10.3 Å². The van der Waals surface area contributed by atoms with Gasteiger partial charge in [-0.1, -0.05) is 6.07 Å². The van der Waals surface area contributed by atoms with Gasteiger partial charge in [0.15, 0.2) is 0 Å². The molecule has 1 aliphatic rings. The van der Waals surface area contributed by atoms with Crippen molar-refractivity contribution < 1.29 is 14.3 Å². The van der Waals surface area contributed by atoms with Crippen LogP contribution in [0.4, 0.5) is 0 Å². The molecule has 1 saturated heterocycles. The first-order chi connectivity index (χ1) is 10.8. The van der Waals surface area contributed by atoms with E-state index in [0.29, 0.717) is 24.5 Å². The van der Waals surface area contributed by atoms with Gasteiger partial charge in [0.05, 0.1) is 17.3 Å². The van der Waals surface area contributed by atoms with Crippen LogP contribution in [0.15, 0.2) is 35.2 Å². The number of thiazole rings is 1. The van der Waals surface area contributed by atoms with E-state index in [1.54, 1.807) is 17.6 Å². The van der Waals surface area contributed by atoms with Gasteiger partial charge in [-0.15, -0.1) is 11.3 Å². The van der Waals surface area contributed by atoms with Gasteiger partial charge in [-0.25, -0.2) is 4.98 Å². The number of carbonyl (C=O) groups excluding carboxylic acids is 1. The molecule has 0 radical (unpaired) electrons. The summed E-state index contributed by atoms with van der Waals surface area (Å²) >= 11 is 1.53. The van der Waals surface area contributed by atoms with Gasteiger partial charge in [-0.05, 0) is 31.0 Å². The topological polar surface area (TPSA) is 60.5 Å². The summed E-state index contributed by atoms with van der Waals surface area (Å²) in [5.41, 5.74) is 3.25. The molecule has 1 fully saturated rings. The van der Waals surface area contributed by atoms with E-state index in [0.717, 1.165) is 25.1 Å². The van der Waals surface area contributed by atoms with Crippen LogP contribution < -0.4 is 10.1 Å². The monoisotopic (exact) mass is 318 g/mol. The smallest absolute Gasteiger partial charge is 0.251 e. The summed E-state index contributed by atoms with van der Waals surface area (Å²) in [7, 11) is 0. The number of aromatic nitrogens is 1. The predicted octanol–water partition coefficient (Wildman–Crippen LogP) is 2.63. The molecule has 0 aliphatic carbocycles.